The predicted octanol–water partition coefficient (Wildman–Crippen LogP) is 2.75. The molecule has 3 aliphatic rings. The molecule has 2 N–H and O–H groups in total. The highest BCUT2D eigenvalue weighted by Gasteiger charge is 2.53. The van der Waals surface area contributed by atoms with Crippen LogP contribution in [0.4, 0.5) is 0 Å². The van der Waals surface area contributed by atoms with Crippen LogP contribution in [0, 0.1) is 11.8 Å². The van der Waals surface area contributed by atoms with Gasteiger partial charge in [0.1, 0.15) is 5.78 Å². The van der Waals surface area contributed by atoms with Crippen LogP contribution in [0.1, 0.15) is 60.0 Å². The largest absolute Gasteiger partial charge is 0.366 e. The summed E-state index contributed by atoms with van der Waals surface area (Å²) in [4.78, 5) is 23.7. The second kappa shape index (κ2) is 4.43. The van der Waals surface area contributed by atoms with Crippen molar-refractivity contribution in [3.63, 3.8) is 0 Å². The zero-order valence-corrected chi connectivity index (χ0v) is 12.2. The number of hydrogen-bond donors (Lipinski definition) is 1. The van der Waals surface area contributed by atoms with Crippen molar-refractivity contribution >= 4 is 11.7 Å². The Kier molecular flexibility index (Phi) is 2.75. The van der Waals surface area contributed by atoms with E-state index in [1.807, 2.05) is 12.1 Å². The van der Waals surface area contributed by atoms with Gasteiger partial charge in [-0.05, 0) is 60.8 Å². The minimum Gasteiger partial charge on any atom is -0.366 e. The first-order valence-electron chi connectivity index (χ1n) is 8.05. The van der Waals surface area contributed by atoms with Gasteiger partial charge in [0.2, 0.25) is 5.91 Å². The standard InChI is InChI=1S/C18H21NO2/c19-17(21)13-4-3-12-8-11-2-1-7-18(16(12)9-13)10-14(20)5-6-15(11)18/h3-4,9,11,15H,1-2,5-8,10H2,(H2,19,21)/t11-,15?,18+/m1/s1. The molecule has 0 heterocycles. The molecule has 1 unspecified atom stereocenters. The minimum atomic E-state index is -0.370. The molecule has 2 fully saturated rings. The Morgan fingerprint density at radius 3 is 2.95 bits per heavy atom. The van der Waals surface area contributed by atoms with Crippen molar-refractivity contribution in [2.45, 2.75) is 50.4 Å². The molecule has 21 heavy (non-hydrogen) atoms. The Bertz CT molecular complexity index is 636. The van der Waals surface area contributed by atoms with Gasteiger partial charge < -0.3 is 5.73 Å². The SMILES string of the molecule is NC(=O)c1ccc2c(c1)[C@]13CCC[C@H](C2)C1CCC(=O)C3. The van der Waals surface area contributed by atoms with Crippen molar-refractivity contribution in [1.29, 1.82) is 0 Å². The van der Waals surface area contributed by atoms with E-state index in [1.165, 1.54) is 24.0 Å². The van der Waals surface area contributed by atoms with E-state index in [2.05, 4.69) is 6.07 Å². The van der Waals surface area contributed by atoms with Crippen LogP contribution < -0.4 is 5.73 Å². The van der Waals surface area contributed by atoms with Gasteiger partial charge in [-0.2, -0.15) is 0 Å². The Balaban J connectivity index is 1.90. The van der Waals surface area contributed by atoms with Crippen molar-refractivity contribution in [3.05, 3.63) is 34.9 Å². The smallest absolute Gasteiger partial charge is 0.248 e. The zero-order valence-electron chi connectivity index (χ0n) is 12.2. The van der Waals surface area contributed by atoms with Gasteiger partial charge in [0.05, 0.1) is 0 Å². The van der Waals surface area contributed by atoms with Gasteiger partial charge in [-0.15, -0.1) is 0 Å². The number of rotatable bonds is 1. The molecule has 110 valence electrons. The summed E-state index contributed by atoms with van der Waals surface area (Å²) in [6.07, 6.45) is 7.14. The summed E-state index contributed by atoms with van der Waals surface area (Å²) >= 11 is 0. The van der Waals surface area contributed by atoms with E-state index in [9.17, 15) is 9.59 Å². The van der Waals surface area contributed by atoms with Crippen molar-refractivity contribution in [2.75, 3.05) is 0 Å². The number of primary amides is 1. The molecule has 2 bridgehead atoms. The van der Waals surface area contributed by atoms with Crippen molar-refractivity contribution < 1.29 is 9.59 Å². The summed E-state index contributed by atoms with van der Waals surface area (Å²) in [5.74, 6) is 1.37. The number of benzene rings is 1. The number of fused-ring (bicyclic) bond motifs is 1. The Morgan fingerprint density at radius 2 is 2.14 bits per heavy atom. The average Bonchev–Trinajstić information content (AvgIpc) is 2.46. The molecule has 1 aromatic rings. The van der Waals surface area contributed by atoms with Crippen LogP contribution in [0.25, 0.3) is 0 Å². The summed E-state index contributed by atoms with van der Waals surface area (Å²) in [5.41, 5.74) is 8.65. The van der Waals surface area contributed by atoms with Gasteiger partial charge in [0.15, 0.2) is 0 Å². The molecule has 3 heteroatoms. The average molecular weight is 283 g/mol. The first-order valence-corrected chi connectivity index (χ1v) is 8.05. The maximum Gasteiger partial charge on any atom is 0.248 e. The number of ketones is 1. The molecule has 0 radical (unpaired) electrons. The van der Waals surface area contributed by atoms with E-state index in [-0.39, 0.29) is 11.3 Å². The van der Waals surface area contributed by atoms with Crippen LogP contribution in [-0.2, 0) is 16.6 Å². The van der Waals surface area contributed by atoms with Crippen LogP contribution >= 0.6 is 0 Å². The third kappa shape index (κ3) is 1.79. The van der Waals surface area contributed by atoms with Crippen molar-refractivity contribution in [3.8, 4) is 0 Å². The maximum atomic E-state index is 12.1. The van der Waals surface area contributed by atoms with Crippen LogP contribution in [0.15, 0.2) is 18.2 Å². The van der Waals surface area contributed by atoms with Gasteiger partial charge in [0.25, 0.3) is 0 Å². The third-order valence-corrected chi connectivity index (χ3v) is 6.14. The maximum absolute atomic E-state index is 12.1. The molecular weight excluding hydrogens is 262 g/mol. The van der Waals surface area contributed by atoms with Crippen LogP contribution in [0.5, 0.6) is 0 Å². The number of carbonyl (C=O) groups excluding carboxylic acids is 2. The molecule has 4 rings (SSSR count). The van der Waals surface area contributed by atoms with Crippen molar-refractivity contribution in [1.82, 2.24) is 0 Å². The Hall–Kier alpha value is -1.64. The lowest BCUT2D eigenvalue weighted by Gasteiger charge is -2.55. The number of nitrogens with two attached hydrogens (primary N) is 1. The number of hydrogen-bond acceptors (Lipinski definition) is 2. The fraction of sp³-hybridized carbons (Fsp3) is 0.556. The molecule has 3 atom stereocenters. The van der Waals surface area contributed by atoms with E-state index in [4.69, 9.17) is 5.73 Å². The lowest BCUT2D eigenvalue weighted by atomic mass is 9.48. The van der Waals surface area contributed by atoms with E-state index in [0.717, 1.165) is 31.6 Å². The van der Waals surface area contributed by atoms with Crippen LogP contribution in [0.3, 0.4) is 0 Å². The molecule has 0 aromatic heterocycles. The molecule has 0 aliphatic heterocycles. The predicted molar refractivity (Wildman–Crippen MR) is 80.0 cm³/mol. The first kappa shape index (κ1) is 13.1. The minimum absolute atomic E-state index is 0.00269. The zero-order chi connectivity index (χ0) is 14.6. The van der Waals surface area contributed by atoms with E-state index < -0.39 is 0 Å². The van der Waals surface area contributed by atoms with Gasteiger partial charge >= 0.3 is 0 Å². The summed E-state index contributed by atoms with van der Waals surface area (Å²) in [7, 11) is 0. The molecule has 2 saturated carbocycles. The Labute approximate surface area is 124 Å². The summed E-state index contributed by atoms with van der Waals surface area (Å²) in [6.45, 7) is 0. The molecular formula is C18H21NO2. The van der Waals surface area contributed by atoms with Crippen LogP contribution in [-0.4, -0.2) is 11.7 Å². The lowest BCUT2D eigenvalue weighted by molar-refractivity contribution is -0.125. The van der Waals surface area contributed by atoms with Gasteiger partial charge in [-0.3, -0.25) is 9.59 Å². The second-order valence-corrected chi connectivity index (χ2v) is 7.11. The summed E-state index contributed by atoms with van der Waals surface area (Å²) < 4.78 is 0. The number of carbonyl (C=O) groups is 2. The quantitative estimate of drug-likeness (QED) is 0.861. The number of amides is 1. The van der Waals surface area contributed by atoms with Crippen molar-refractivity contribution in [2.24, 2.45) is 17.6 Å². The first-order chi connectivity index (χ1) is 10.1. The molecule has 1 aromatic carbocycles. The normalized spacial score (nSPS) is 34.0. The fourth-order valence-corrected chi connectivity index (χ4v) is 5.33. The van der Waals surface area contributed by atoms with E-state index in [0.29, 0.717) is 23.7 Å². The highest BCUT2D eigenvalue weighted by molar-refractivity contribution is 5.93. The topological polar surface area (TPSA) is 60.2 Å². The summed E-state index contributed by atoms with van der Waals surface area (Å²) in [6, 6.07) is 5.91. The third-order valence-electron chi connectivity index (χ3n) is 6.14. The van der Waals surface area contributed by atoms with E-state index >= 15 is 0 Å². The molecule has 0 spiro atoms. The highest BCUT2D eigenvalue weighted by Crippen LogP contribution is 2.58. The molecule has 0 saturated heterocycles. The molecule has 3 nitrogen and oxygen atoms in total. The highest BCUT2D eigenvalue weighted by atomic mass is 16.1. The molecule has 1 amide bonds. The van der Waals surface area contributed by atoms with Gasteiger partial charge in [-0.1, -0.05) is 12.5 Å². The molecule has 3 aliphatic carbocycles. The lowest BCUT2D eigenvalue weighted by Crippen LogP contribution is -2.51. The van der Waals surface area contributed by atoms with Gasteiger partial charge in [-0.25, -0.2) is 0 Å². The van der Waals surface area contributed by atoms with Crippen LogP contribution in [0.2, 0.25) is 0 Å². The summed E-state index contributed by atoms with van der Waals surface area (Å²) in [5, 5.41) is 0. The monoisotopic (exact) mass is 283 g/mol. The second-order valence-electron chi connectivity index (χ2n) is 7.11. The fourth-order valence-electron chi connectivity index (χ4n) is 5.33. The number of Topliss-reactive ketones (excluding diaryl/α,β-unsaturated/α-hetero) is 1. The van der Waals surface area contributed by atoms with Gasteiger partial charge in [0, 0.05) is 23.8 Å². The van der Waals surface area contributed by atoms with E-state index in [1.54, 1.807) is 0 Å². The Morgan fingerprint density at radius 1 is 1.29 bits per heavy atom.